The van der Waals surface area contributed by atoms with Crippen molar-refractivity contribution < 1.29 is 17.5 Å². The zero-order chi connectivity index (χ0) is 18.0. The van der Waals surface area contributed by atoms with Crippen molar-refractivity contribution in [2.75, 3.05) is 6.54 Å². The summed E-state index contributed by atoms with van der Waals surface area (Å²) in [5.41, 5.74) is 3.16. The number of hydrogen-bond acceptors (Lipinski definition) is 2. The van der Waals surface area contributed by atoms with Gasteiger partial charge in [-0.15, -0.1) is 0 Å². The number of nitrogens with zero attached hydrogens (tertiary/aromatic N) is 1. The van der Waals surface area contributed by atoms with Crippen molar-refractivity contribution >= 4 is 0 Å². The summed E-state index contributed by atoms with van der Waals surface area (Å²) >= 11 is 0. The van der Waals surface area contributed by atoms with Gasteiger partial charge < -0.3 is 17.5 Å². The Morgan fingerprint density at radius 2 is 1.31 bits per heavy atom. The van der Waals surface area contributed by atoms with Crippen molar-refractivity contribution in [1.82, 2.24) is 4.90 Å². The van der Waals surface area contributed by atoms with E-state index in [0.29, 0.717) is 18.5 Å². The molecule has 1 aliphatic rings. The summed E-state index contributed by atoms with van der Waals surface area (Å²) in [6, 6.07) is 17.2. The summed E-state index contributed by atoms with van der Waals surface area (Å²) in [4.78, 5) is 2.35. The highest BCUT2D eigenvalue weighted by molar-refractivity contribution is 5.80. The van der Waals surface area contributed by atoms with Gasteiger partial charge in [-0.1, -0.05) is 60.4 Å². The number of aliphatic hydroxyl groups is 1. The number of halogens is 1. The summed E-state index contributed by atoms with van der Waals surface area (Å²) in [6.07, 6.45) is 0.422. The van der Waals surface area contributed by atoms with Gasteiger partial charge in [0.2, 0.25) is 0 Å². The molecule has 138 valence electrons. The maximum Gasteiger partial charge on any atom is 0.127 e. The van der Waals surface area contributed by atoms with Crippen LogP contribution >= 0.6 is 0 Å². The first-order valence-electron chi connectivity index (χ1n) is 9.08. The fourth-order valence-corrected chi connectivity index (χ4v) is 3.79. The second-order valence-electron chi connectivity index (χ2n) is 7.34. The molecule has 0 aromatic heterocycles. The van der Waals surface area contributed by atoms with E-state index in [-0.39, 0.29) is 12.4 Å². The number of fused-ring (bicyclic) bond motifs is 3. The van der Waals surface area contributed by atoms with Gasteiger partial charge in [0.25, 0.3) is 0 Å². The molecule has 26 heavy (non-hydrogen) atoms. The highest BCUT2D eigenvalue weighted by atomic mass is 35.5. The molecule has 0 unspecified atom stereocenters. The molecule has 0 heterocycles. The van der Waals surface area contributed by atoms with Crippen molar-refractivity contribution in [2.24, 2.45) is 0 Å². The van der Waals surface area contributed by atoms with Crippen molar-refractivity contribution in [3.63, 3.8) is 0 Å². The molecule has 0 spiro atoms. The average molecular weight is 369 g/mol. The monoisotopic (exact) mass is 368 g/mol. The Morgan fingerprint density at radius 1 is 0.846 bits per heavy atom. The lowest BCUT2D eigenvalue weighted by Gasteiger charge is -2.28. The minimum Gasteiger partial charge on any atom is -1.00 e. The van der Waals surface area contributed by atoms with Gasteiger partial charge in [-0.3, -0.25) is 4.90 Å². The first-order valence-corrected chi connectivity index (χ1v) is 9.08. The van der Waals surface area contributed by atoms with Crippen LogP contribution in [0.5, 0.6) is 0 Å². The van der Waals surface area contributed by atoms with Crippen LogP contribution < -0.4 is 12.4 Å². The Bertz CT molecular complexity index is 763. The van der Waals surface area contributed by atoms with Gasteiger partial charge in [0.05, 0.1) is 6.54 Å². The maximum atomic E-state index is 11.5. The molecule has 0 fully saturated rings. The quantitative estimate of drug-likeness (QED) is 0.825. The fraction of sp³-hybridized carbons (Fsp3) is 0.391. The first-order chi connectivity index (χ1) is 11.9. The van der Waals surface area contributed by atoms with Gasteiger partial charge in [0.15, 0.2) is 0 Å². The van der Waals surface area contributed by atoms with Crippen LogP contribution in [-0.2, 0) is 5.60 Å². The SMILES string of the molecule is CC(C)N(CC#CCC1(O)c2ccccc2-c2ccccc21)C(C)C.[Cl-]. The summed E-state index contributed by atoms with van der Waals surface area (Å²) in [6.45, 7) is 9.50. The molecule has 0 amide bonds. The third-order valence-corrected chi connectivity index (χ3v) is 5.09. The standard InChI is InChI=1S/C23H27NO.ClH/c1-17(2)24(18(3)4)16-10-9-15-23(25)21-13-7-5-11-19(21)20-12-6-8-14-22(20)23;/h5-8,11-14,17-18,25H,15-16H2,1-4H3;1H/p-1. The summed E-state index contributed by atoms with van der Waals surface area (Å²) in [5, 5.41) is 11.5. The van der Waals surface area contributed by atoms with E-state index in [1.807, 2.05) is 36.4 Å². The smallest absolute Gasteiger partial charge is 0.127 e. The Hall–Kier alpha value is -1.79. The minimum atomic E-state index is -1.01. The molecule has 0 bridgehead atoms. The lowest BCUT2D eigenvalue weighted by molar-refractivity contribution is -0.00000999. The summed E-state index contributed by atoms with van der Waals surface area (Å²) in [7, 11) is 0. The van der Waals surface area contributed by atoms with E-state index >= 15 is 0 Å². The molecule has 0 atom stereocenters. The highest BCUT2D eigenvalue weighted by Gasteiger charge is 2.40. The predicted octanol–water partition coefficient (Wildman–Crippen LogP) is 1.42. The van der Waals surface area contributed by atoms with E-state index in [1.54, 1.807) is 0 Å². The Balaban J connectivity index is 0.00000243. The van der Waals surface area contributed by atoms with Crippen LogP contribution in [0.1, 0.15) is 45.2 Å². The molecule has 0 aliphatic heterocycles. The van der Waals surface area contributed by atoms with Crippen LogP contribution in [0.3, 0.4) is 0 Å². The third-order valence-electron chi connectivity index (χ3n) is 5.09. The Morgan fingerprint density at radius 3 is 1.77 bits per heavy atom. The molecule has 0 saturated heterocycles. The van der Waals surface area contributed by atoms with Crippen LogP contribution in [0, 0.1) is 11.8 Å². The summed E-state index contributed by atoms with van der Waals surface area (Å²) in [5.74, 6) is 6.53. The van der Waals surface area contributed by atoms with Crippen molar-refractivity contribution in [2.45, 2.75) is 51.8 Å². The van der Waals surface area contributed by atoms with Gasteiger partial charge in [-0.05, 0) is 49.9 Å². The second-order valence-corrected chi connectivity index (χ2v) is 7.34. The van der Waals surface area contributed by atoms with Crippen LogP contribution in [0.2, 0.25) is 0 Å². The van der Waals surface area contributed by atoms with E-state index in [1.165, 1.54) is 0 Å². The van der Waals surface area contributed by atoms with Gasteiger partial charge in [-0.25, -0.2) is 0 Å². The Kier molecular flexibility index (Phi) is 6.53. The van der Waals surface area contributed by atoms with Gasteiger partial charge in [0.1, 0.15) is 5.60 Å². The number of hydrogen-bond donors (Lipinski definition) is 1. The molecule has 3 heteroatoms. The van der Waals surface area contributed by atoms with Gasteiger partial charge in [-0.2, -0.15) is 0 Å². The van der Waals surface area contributed by atoms with Crippen LogP contribution in [-0.4, -0.2) is 28.6 Å². The van der Waals surface area contributed by atoms with Crippen LogP contribution in [0.4, 0.5) is 0 Å². The van der Waals surface area contributed by atoms with Gasteiger partial charge in [0, 0.05) is 18.5 Å². The van der Waals surface area contributed by atoms with Crippen molar-refractivity contribution in [3.8, 4) is 23.0 Å². The molecule has 0 radical (unpaired) electrons. The topological polar surface area (TPSA) is 23.5 Å². The lowest BCUT2D eigenvalue weighted by atomic mass is 9.88. The molecule has 2 nitrogen and oxygen atoms in total. The summed E-state index contributed by atoms with van der Waals surface area (Å²) < 4.78 is 0. The largest absolute Gasteiger partial charge is 1.00 e. The molecule has 1 aliphatic carbocycles. The van der Waals surface area contributed by atoms with E-state index in [2.05, 4.69) is 56.6 Å². The maximum absolute atomic E-state index is 11.5. The van der Waals surface area contributed by atoms with Crippen molar-refractivity contribution in [1.29, 1.82) is 0 Å². The molecule has 2 aromatic carbocycles. The zero-order valence-corrected chi connectivity index (χ0v) is 16.7. The van der Waals surface area contributed by atoms with Crippen LogP contribution in [0.25, 0.3) is 11.1 Å². The van der Waals surface area contributed by atoms with Gasteiger partial charge >= 0.3 is 0 Å². The molecule has 3 rings (SSSR count). The zero-order valence-electron chi connectivity index (χ0n) is 16.0. The van der Waals surface area contributed by atoms with E-state index < -0.39 is 5.60 Å². The van der Waals surface area contributed by atoms with E-state index in [4.69, 9.17) is 0 Å². The number of benzene rings is 2. The minimum absolute atomic E-state index is 0. The van der Waals surface area contributed by atoms with Crippen LogP contribution in [0.15, 0.2) is 48.5 Å². The highest BCUT2D eigenvalue weighted by Crippen LogP contribution is 2.48. The molecule has 1 N–H and O–H groups in total. The fourth-order valence-electron chi connectivity index (χ4n) is 3.79. The molecule has 2 aromatic rings. The predicted molar refractivity (Wildman–Crippen MR) is 104 cm³/mol. The Labute approximate surface area is 163 Å². The average Bonchev–Trinajstić information content (AvgIpc) is 2.85. The number of rotatable bonds is 4. The molecule has 0 saturated carbocycles. The third kappa shape index (κ3) is 3.67. The molecular formula is C23H27ClNO-. The first kappa shape index (κ1) is 20.5. The molecular weight excluding hydrogens is 342 g/mol. The van der Waals surface area contributed by atoms with Crippen molar-refractivity contribution in [3.05, 3.63) is 59.7 Å². The lowest BCUT2D eigenvalue weighted by Crippen LogP contribution is -3.00. The normalized spacial score (nSPS) is 13.8. The second kappa shape index (κ2) is 8.27. The van der Waals surface area contributed by atoms with E-state index in [9.17, 15) is 5.11 Å². The van der Waals surface area contributed by atoms with E-state index in [0.717, 1.165) is 28.8 Å².